The van der Waals surface area contributed by atoms with Gasteiger partial charge in [-0.15, -0.1) is 0 Å². The van der Waals surface area contributed by atoms with Crippen LogP contribution in [0.15, 0.2) is 24.3 Å². The molecule has 1 N–H and O–H groups in total. The highest BCUT2D eigenvalue weighted by molar-refractivity contribution is 7.88. The minimum Gasteiger partial charge on any atom is -0.379 e. The van der Waals surface area contributed by atoms with E-state index in [2.05, 4.69) is 5.32 Å². The summed E-state index contributed by atoms with van der Waals surface area (Å²) in [6, 6.07) is 7.44. The molecule has 1 saturated carbocycles. The van der Waals surface area contributed by atoms with Crippen LogP contribution in [0.1, 0.15) is 43.2 Å². The number of nitrogens with one attached hydrogen (secondary N) is 1. The third-order valence-corrected chi connectivity index (χ3v) is 7.07. The molecule has 0 atom stereocenters. The van der Waals surface area contributed by atoms with E-state index in [1.807, 2.05) is 24.3 Å². The number of nitrogens with zero attached hydrogens (tertiary/aromatic N) is 1. The molecule has 2 fully saturated rings. The van der Waals surface area contributed by atoms with E-state index in [9.17, 15) is 13.2 Å². The van der Waals surface area contributed by atoms with Crippen molar-refractivity contribution in [1.29, 1.82) is 0 Å². The van der Waals surface area contributed by atoms with Crippen LogP contribution in [0.25, 0.3) is 0 Å². The molecule has 0 unspecified atom stereocenters. The first kappa shape index (κ1) is 19.3. The average molecular weight is 381 g/mol. The lowest BCUT2D eigenvalue weighted by Gasteiger charge is -2.26. The van der Waals surface area contributed by atoms with Crippen LogP contribution in [0.2, 0.25) is 0 Å². The van der Waals surface area contributed by atoms with Gasteiger partial charge in [0, 0.05) is 26.1 Å². The Hall–Kier alpha value is -1.44. The monoisotopic (exact) mass is 380 g/mol. The van der Waals surface area contributed by atoms with E-state index < -0.39 is 10.0 Å². The number of hydrogen-bond acceptors (Lipinski definition) is 4. The SMILES string of the molecule is O=C(CC1CCCC1)NCc1ccccc1CS(=O)(=O)N1CCOCC1. The highest BCUT2D eigenvalue weighted by Gasteiger charge is 2.25. The molecule has 7 heteroatoms. The fourth-order valence-electron chi connectivity index (χ4n) is 3.73. The van der Waals surface area contributed by atoms with Crippen LogP contribution in [0, 0.1) is 5.92 Å². The Morgan fingerprint density at radius 2 is 1.77 bits per heavy atom. The van der Waals surface area contributed by atoms with Gasteiger partial charge in [0.05, 0.1) is 19.0 Å². The molecule has 1 aliphatic carbocycles. The lowest BCUT2D eigenvalue weighted by atomic mass is 10.0. The number of amides is 1. The van der Waals surface area contributed by atoms with E-state index in [0.29, 0.717) is 45.2 Å². The molecule has 144 valence electrons. The second kappa shape index (κ2) is 8.97. The van der Waals surface area contributed by atoms with Crippen LogP contribution in [0.4, 0.5) is 0 Å². The molecule has 6 nitrogen and oxygen atoms in total. The van der Waals surface area contributed by atoms with Crippen LogP contribution >= 0.6 is 0 Å². The second-order valence-electron chi connectivity index (χ2n) is 7.17. The largest absolute Gasteiger partial charge is 0.379 e. The van der Waals surface area contributed by atoms with E-state index in [-0.39, 0.29) is 11.7 Å². The summed E-state index contributed by atoms with van der Waals surface area (Å²) in [5.74, 6) is 0.525. The van der Waals surface area contributed by atoms with Crippen LogP contribution in [0.3, 0.4) is 0 Å². The molecule has 26 heavy (non-hydrogen) atoms. The van der Waals surface area contributed by atoms with Crippen LogP contribution in [-0.2, 0) is 31.9 Å². The van der Waals surface area contributed by atoms with E-state index >= 15 is 0 Å². The highest BCUT2D eigenvalue weighted by atomic mass is 32.2. The van der Waals surface area contributed by atoms with Gasteiger partial charge in [0.1, 0.15) is 0 Å². The Morgan fingerprint density at radius 3 is 2.46 bits per heavy atom. The lowest BCUT2D eigenvalue weighted by Crippen LogP contribution is -2.41. The van der Waals surface area contributed by atoms with Gasteiger partial charge in [-0.1, -0.05) is 37.1 Å². The van der Waals surface area contributed by atoms with Crippen LogP contribution in [-0.4, -0.2) is 44.9 Å². The summed E-state index contributed by atoms with van der Waals surface area (Å²) >= 11 is 0. The van der Waals surface area contributed by atoms with E-state index in [4.69, 9.17) is 4.74 Å². The summed E-state index contributed by atoms with van der Waals surface area (Å²) in [6.07, 6.45) is 5.30. The molecular formula is C19H28N2O4S. The Labute approximate surface area is 156 Å². The second-order valence-corrected chi connectivity index (χ2v) is 9.14. The van der Waals surface area contributed by atoms with E-state index in [0.717, 1.165) is 24.0 Å². The number of carbonyl (C=O) groups is 1. The number of benzene rings is 1. The minimum atomic E-state index is -3.38. The molecule has 1 heterocycles. The summed E-state index contributed by atoms with van der Waals surface area (Å²) in [5.41, 5.74) is 1.62. The number of hydrogen-bond donors (Lipinski definition) is 1. The molecule has 0 bridgehead atoms. The van der Waals surface area contributed by atoms with Crippen molar-refractivity contribution in [3.8, 4) is 0 Å². The first-order chi connectivity index (χ1) is 12.5. The maximum absolute atomic E-state index is 12.7. The van der Waals surface area contributed by atoms with Gasteiger partial charge < -0.3 is 10.1 Å². The van der Waals surface area contributed by atoms with Gasteiger partial charge in [0.15, 0.2) is 0 Å². The fourth-order valence-corrected chi connectivity index (χ4v) is 5.29. The zero-order valence-electron chi connectivity index (χ0n) is 15.2. The summed E-state index contributed by atoms with van der Waals surface area (Å²) in [4.78, 5) is 12.2. The number of rotatable bonds is 7. The topological polar surface area (TPSA) is 75.7 Å². The molecule has 2 aliphatic rings. The predicted molar refractivity (Wildman–Crippen MR) is 99.9 cm³/mol. The smallest absolute Gasteiger partial charge is 0.220 e. The zero-order valence-corrected chi connectivity index (χ0v) is 16.0. The molecule has 1 aromatic rings. The van der Waals surface area contributed by atoms with Crippen molar-refractivity contribution in [3.05, 3.63) is 35.4 Å². The molecule has 1 aliphatic heterocycles. The summed E-state index contributed by atoms with van der Waals surface area (Å²) < 4.78 is 32.0. The van der Waals surface area contributed by atoms with Crippen molar-refractivity contribution in [2.24, 2.45) is 5.92 Å². The van der Waals surface area contributed by atoms with Gasteiger partial charge in [0.2, 0.25) is 15.9 Å². The Morgan fingerprint density at radius 1 is 1.12 bits per heavy atom. The molecule has 1 amide bonds. The van der Waals surface area contributed by atoms with Gasteiger partial charge in [-0.2, -0.15) is 4.31 Å². The molecule has 0 radical (unpaired) electrons. The van der Waals surface area contributed by atoms with Crippen molar-refractivity contribution < 1.29 is 17.9 Å². The fraction of sp³-hybridized carbons (Fsp3) is 0.632. The standard InChI is InChI=1S/C19H28N2O4S/c22-19(13-16-5-1-2-6-16)20-14-17-7-3-4-8-18(17)15-26(23,24)21-9-11-25-12-10-21/h3-4,7-8,16H,1-2,5-6,9-15H2,(H,20,22). The van der Waals surface area contributed by atoms with Crippen molar-refractivity contribution in [1.82, 2.24) is 9.62 Å². The van der Waals surface area contributed by atoms with E-state index in [1.165, 1.54) is 17.1 Å². The molecule has 1 saturated heterocycles. The molecular weight excluding hydrogens is 352 g/mol. The zero-order chi connectivity index (χ0) is 18.4. The van der Waals surface area contributed by atoms with Crippen molar-refractivity contribution >= 4 is 15.9 Å². The van der Waals surface area contributed by atoms with Gasteiger partial charge >= 0.3 is 0 Å². The molecule has 0 spiro atoms. The Balaban J connectivity index is 1.59. The lowest BCUT2D eigenvalue weighted by molar-refractivity contribution is -0.122. The summed E-state index contributed by atoms with van der Waals surface area (Å²) in [6.45, 7) is 2.07. The Kier molecular flexibility index (Phi) is 6.67. The van der Waals surface area contributed by atoms with Crippen LogP contribution < -0.4 is 5.32 Å². The number of sulfonamides is 1. The summed E-state index contributed by atoms with van der Waals surface area (Å²) in [5, 5.41) is 2.96. The quantitative estimate of drug-likeness (QED) is 0.785. The maximum atomic E-state index is 12.7. The van der Waals surface area contributed by atoms with E-state index in [1.54, 1.807) is 0 Å². The highest BCUT2D eigenvalue weighted by Crippen LogP contribution is 2.27. The number of carbonyl (C=O) groups excluding carboxylic acids is 1. The van der Waals surface area contributed by atoms with Gasteiger partial charge in [0.25, 0.3) is 0 Å². The third kappa shape index (κ3) is 5.28. The van der Waals surface area contributed by atoms with Gasteiger partial charge in [-0.25, -0.2) is 8.42 Å². The first-order valence-electron chi connectivity index (χ1n) is 9.43. The van der Waals surface area contributed by atoms with Crippen molar-refractivity contribution in [2.75, 3.05) is 26.3 Å². The predicted octanol–water partition coefficient (Wildman–Crippen LogP) is 2.05. The minimum absolute atomic E-state index is 0.0400. The number of ether oxygens (including phenoxy) is 1. The first-order valence-corrected chi connectivity index (χ1v) is 11.0. The Bertz CT molecular complexity index is 708. The van der Waals surface area contributed by atoms with Gasteiger partial charge in [-0.3, -0.25) is 4.79 Å². The van der Waals surface area contributed by atoms with Crippen molar-refractivity contribution in [3.63, 3.8) is 0 Å². The molecule has 0 aromatic heterocycles. The number of morpholine rings is 1. The third-order valence-electron chi connectivity index (χ3n) is 5.24. The molecule has 3 rings (SSSR count). The average Bonchev–Trinajstić information content (AvgIpc) is 3.14. The van der Waals surface area contributed by atoms with Crippen molar-refractivity contribution in [2.45, 2.75) is 44.4 Å². The summed E-state index contributed by atoms with van der Waals surface area (Å²) in [7, 11) is -3.38. The van der Waals surface area contributed by atoms with Crippen LogP contribution in [0.5, 0.6) is 0 Å². The normalized spacial score (nSPS) is 19.5. The van der Waals surface area contributed by atoms with Gasteiger partial charge in [-0.05, 0) is 29.9 Å². The molecule has 1 aromatic carbocycles. The maximum Gasteiger partial charge on any atom is 0.220 e.